The predicted octanol–water partition coefficient (Wildman–Crippen LogP) is -1.40. The third-order valence-electron chi connectivity index (χ3n) is 0.425. The zero-order valence-electron chi connectivity index (χ0n) is 4.32. The van der Waals surface area contributed by atoms with E-state index in [0.717, 1.165) is 0 Å². The summed E-state index contributed by atoms with van der Waals surface area (Å²) in [4.78, 5) is 0. The number of hydrogen-bond acceptors (Lipinski definition) is 3. The molecular formula is C4H9BCaO3. The third kappa shape index (κ3) is 11.9. The van der Waals surface area contributed by atoms with Crippen LogP contribution in [0.4, 0.5) is 0 Å². The van der Waals surface area contributed by atoms with Crippen molar-refractivity contribution in [2.75, 3.05) is 0 Å². The van der Waals surface area contributed by atoms with E-state index in [2.05, 4.69) is 4.42 Å². The van der Waals surface area contributed by atoms with Gasteiger partial charge in [-0.25, -0.2) is 0 Å². The quantitative estimate of drug-likeness (QED) is 0.454. The van der Waals surface area contributed by atoms with Crippen LogP contribution in [0.25, 0.3) is 0 Å². The summed E-state index contributed by atoms with van der Waals surface area (Å²) in [7, 11) is -0.750. The van der Waals surface area contributed by atoms with Gasteiger partial charge in [0.25, 0.3) is 0 Å². The molecule has 1 aromatic heterocycles. The van der Waals surface area contributed by atoms with Gasteiger partial charge in [0.1, 0.15) is 0 Å². The van der Waals surface area contributed by atoms with Crippen LogP contribution in [-0.2, 0) is 0 Å². The molecule has 0 bridgehead atoms. The van der Waals surface area contributed by atoms with Gasteiger partial charge in [0.05, 0.1) is 12.5 Å². The summed E-state index contributed by atoms with van der Waals surface area (Å²) in [6, 6.07) is 3.67. The summed E-state index contributed by atoms with van der Waals surface area (Å²) >= 11 is 0. The summed E-state index contributed by atoms with van der Waals surface area (Å²) < 4.78 is 4.58. The van der Waals surface area contributed by atoms with E-state index < -0.39 is 7.69 Å². The van der Waals surface area contributed by atoms with Crippen LogP contribution < -0.4 is 0 Å². The summed E-state index contributed by atoms with van der Waals surface area (Å²) in [5, 5.41) is 14.2. The second-order valence-electron chi connectivity index (χ2n) is 0.935. The van der Waals surface area contributed by atoms with Gasteiger partial charge in [-0.3, -0.25) is 0 Å². The fourth-order valence-corrected chi connectivity index (χ4v) is 0.227. The molecule has 0 aliphatic heterocycles. The molecule has 0 spiro atoms. The Morgan fingerprint density at radius 3 is 1.56 bits per heavy atom. The van der Waals surface area contributed by atoms with Gasteiger partial charge in [-0.15, -0.1) is 0 Å². The maximum absolute atomic E-state index is 7.12. The average Bonchev–Trinajstić information content (AvgIpc) is 2.17. The Balaban J connectivity index is 0. The van der Waals surface area contributed by atoms with Crippen LogP contribution in [-0.4, -0.2) is 55.5 Å². The Kier molecular flexibility index (Phi) is 15.4. The second kappa shape index (κ2) is 11.3. The van der Waals surface area contributed by atoms with Crippen molar-refractivity contribution in [1.29, 1.82) is 0 Å². The average molecular weight is 156 g/mol. The van der Waals surface area contributed by atoms with E-state index in [1.54, 1.807) is 12.5 Å². The first-order valence-corrected chi connectivity index (χ1v) is 2.10. The van der Waals surface area contributed by atoms with Crippen molar-refractivity contribution in [2.24, 2.45) is 0 Å². The Hall–Kier alpha value is 0.525. The van der Waals surface area contributed by atoms with Crippen molar-refractivity contribution in [3.63, 3.8) is 0 Å². The van der Waals surface area contributed by atoms with Crippen LogP contribution in [0.15, 0.2) is 29.1 Å². The number of hydrogen-bond donors (Lipinski definition) is 2. The monoisotopic (exact) mass is 156 g/mol. The van der Waals surface area contributed by atoms with Crippen molar-refractivity contribution < 1.29 is 14.5 Å². The first-order chi connectivity index (χ1) is 3.91. The van der Waals surface area contributed by atoms with Crippen molar-refractivity contribution >= 4 is 45.4 Å². The van der Waals surface area contributed by atoms with E-state index in [-0.39, 0.29) is 37.7 Å². The SMILES string of the molecule is OBO.[CaH2].c1ccoc1. The topological polar surface area (TPSA) is 53.6 Å². The molecule has 0 aliphatic rings. The molecule has 1 aromatic rings. The van der Waals surface area contributed by atoms with E-state index in [1.165, 1.54) is 0 Å². The van der Waals surface area contributed by atoms with Crippen molar-refractivity contribution in [3.05, 3.63) is 24.7 Å². The molecule has 2 N–H and O–H groups in total. The fourth-order valence-electron chi connectivity index (χ4n) is 0.227. The Labute approximate surface area is 84.0 Å². The molecule has 0 fully saturated rings. The summed E-state index contributed by atoms with van der Waals surface area (Å²) in [6.45, 7) is 0. The minimum atomic E-state index is -0.750. The normalized spacial score (nSPS) is 6.00. The van der Waals surface area contributed by atoms with Gasteiger partial charge in [0.15, 0.2) is 0 Å². The van der Waals surface area contributed by atoms with E-state index in [9.17, 15) is 0 Å². The maximum Gasteiger partial charge on any atom is 0.0902 e. The van der Waals surface area contributed by atoms with Gasteiger partial charge in [-0.1, -0.05) is 0 Å². The predicted molar refractivity (Wildman–Crippen MR) is 38.8 cm³/mol. The van der Waals surface area contributed by atoms with E-state index in [4.69, 9.17) is 10.0 Å². The minimum absolute atomic E-state index is 0. The zero-order valence-corrected chi connectivity index (χ0v) is 4.32. The van der Waals surface area contributed by atoms with Gasteiger partial charge in [0, 0.05) is 0 Å². The molecular weight excluding hydrogens is 147 g/mol. The maximum atomic E-state index is 7.12. The largest absolute Gasteiger partial charge is 0.473 e. The van der Waals surface area contributed by atoms with Crippen molar-refractivity contribution in [1.82, 2.24) is 0 Å². The molecule has 0 aliphatic carbocycles. The Morgan fingerprint density at radius 1 is 1.11 bits per heavy atom. The van der Waals surface area contributed by atoms with Crippen LogP contribution >= 0.6 is 0 Å². The fraction of sp³-hybridized carbons (Fsp3) is 0. The molecule has 1 heterocycles. The molecule has 48 valence electrons. The molecule has 0 unspecified atom stereocenters. The second-order valence-corrected chi connectivity index (χ2v) is 0.935. The van der Waals surface area contributed by atoms with Crippen molar-refractivity contribution in [3.8, 4) is 0 Å². The Bertz CT molecular complexity index is 82.7. The number of furan rings is 1. The van der Waals surface area contributed by atoms with Crippen LogP contribution in [0.3, 0.4) is 0 Å². The van der Waals surface area contributed by atoms with Gasteiger partial charge in [-0.05, 0) is 12.1 Å². The standard InChI is InChI=1S/C4H4O.BH3O2.Ca.2H/c1-2-4-5-3-1;2-1-3;;;/h1-4H;1-3H;;;. The van der Waals surface area contributed by atoms with Crippen LogP contribution in [0.5, 0.6) is 0 Å². The van der Waals surface area contributed by atoms with E-state index in [1.807, 2.05) is 12.1 Å². The Morgan fingerprint density at radius 2 is 1.44 bits per heavy atom. The summed E-state index contributed by atoms with van der Waals surface area (Å²) in [6.07, 6.45) is 3.25. The van der Waals surface area contributed by atoms with E-state index in [0.29, 0.717) is 0 Å². The molecule has 0 atom stereocenters. The molecule has 0 radical (unpaired) electrons. The molecule has 0 aromatic carbocycles. The molecule has 0 amide bonds. The third-order valence-corrected chi connectivity index (χ3v) is 0.425. The first-order valence-electron chi connectivity index (χ1n) is 2.10. The smallest absolute Gasteiger partial charge is 0.0902 e. The van der Waals surface area contributed by atoms with Gasteiger partial charge in [0.2, 0.25) is 0 Å². The van der Waals surface area contributed by atoms with Crippen molar-refractivity contribution in [2.45, 2.75) is 0 Å². The van der Waals surface area contributed by atoms with Gasteiger partial charge >= 0.3 is 45.4 Å². The molecule has 0 saturated carbocycles. The summed E-state index contributed by atoms with van der Waals surface area (Å²) in [5.74, 6) is 0. The molecule has 1 rings (SSSR count). The van der Waals surface area contributed by atoms with Gasteiger partial charge < -0.3 is 14.5 Å². The molecule has 9 heavy (non-hydrogen) atoms. The molecule has 5 heteroatoms. The van der Waals surface area contributed by atoms with Crippen LogP contribution in [0, 0.1) is 0 Å². The molecule has 0 saturated heterocycles. The zero-order chi connectivity index (χ0) is 6.24. The number of rotatable bonds is 0. The summed E-state index contributed by atoms with van der Waals surface area (Å²) in [5.41, 5.74) is 0. The van der Waals surface area contributed by atoms with Crippen LogP contribution in [0.1, 0.15) is 0 Å². The minimum Gasteiger partial charge on any atom is -0.473 e. The van der Waals surface area contributed by atoms with Gasteiger partial charge in [-0.2, -0.15) is 0 Å². The first kappa shape index (κ1) is 12.2. The van der Waals surface area contributed by atoms with Crippen LogP contribution in [0.2, 0.25) is 0 Å². The van der Waals surface area contributed by atoms with E-state index >= 15 is 0 Å². The molecule has 3 nitrogen and oxygen atoms in total.